The second kappa shape index (κ2) is 11.4. The van der Waals surface area contributed by atoms with Crippen LogP contribution in [0, 0.1) is 13.8 Å². The van der Waals surface area contributed by atoms with Crippen LogP contribution in [0.5, 0.6) is 0 Å². The molecule has 0 saturated heterocycles. The lowest BCUT2D eigenvalue weighted by Crippen LogP contribution is -2.13. The number of nitrogen functional groups attached to an aromatic ring is 1. The van der Waals surface area contributed by atoms with Crippen LogP contribution in [-0.2, 0) is 20.2 Å². The highest BCUT2D eigenvalue weighted by Gasteiger charge is 2.12. The zero-order valence-electron chi connectivity index (χ0n) is 17.6. The average Bonchev–Trinajstić information content (AvgIpc) is 3.19. The third-order valence-electron chi connectivity index (χ3n) is 3.97. The molecule has 0 aliphatic carbocycles. The number of fused-ring (bicyclic) bond motifs is 1. The second-order valence-corrected chi connectivity index (χ2v) is 9.26. The Bertz CT molecular complexity index is 1310. The summed E-state index contributed by atoms with van der Waals surface area (Å²) < 4.78 is 62.3. The van der Waals surface area contributed by atoms with Crippen molar-refractivity contribution in [3.63, 3.8) is 0 Å². The molecule has 4 rings (SSSR count). The van der Waals surface area contributed by atoms with Crippen molar-refractivity contribution in [3.05, 3.63) is 72.3 Å². The van der Waals surface area contributed by atoms with Crippen LogP contribution in [-0.4, -0.2) is 41.4 Å². The van der Waals surface area contributed by atoms with Gasteiger partial charge in [-0.2, -0.15) is 9.97 Å². The van der Waals surface area contributed by atoms with Crippen LogP contribution in [0.3, 0.4) is 0 Å². The van der Waals surface area contributed by atoms with Crippen molar-refractivity contribution in [2.24, 2.45) is 0 Å². The van der Waals surface area contributed by atoms with E-state index in [1.54, 1.807) is 36.9 Å². The zero-order chi connectivity index (χ0) is 23.9. The minimum Gasteiger partial charge on any atom is -0.744 e. The SMILES string of the molecule is Cc1ccc(S(=O)(=O)[O-])cc1.Cc1ccc(S(=O)(=O)[O-])cc1.Nc1nc[nH+]c2[nH+]c[nH]c12.O. The molecule has 0 aliphatic heterocycles. The van der Waals surface area contributed by atoms with Gasteiger partial charge in [0.2, 0.25) is 5.52 Å². The van der Waals surface area contributed by atoms with Crippen LogP contribution < -0.4 is 15.7 Å². The normalized spacial score (nSPS) is 10.8. The Balaban J connectivity index is 0.000000244. The van der Waals surface area contributed by atoms with E-state index in [1.165, 1.54) is 24.3 Å². The molecule has 0 spiro atoms. The Labute approximate surface area is 190 Å². The molecule has 7 N–H and O–H groups in total. The number of H-pyrrole nitrogens is 3. The van der Waals surface area contributed by atoms with E-state index in [4.69, 9.17) is 5.73 Å². The van der Waals surface area contributed by atoms with Crippen molar-refractivity contribution < 1.29 is 41.4 Å². The van der Waals surface area contributed by atoms with Crippen LogP contribution in [0.2, 0.25) is 0 Å². The Morgan fingerprint density at radius 2 is 1.24 bits per heavy atom. The van der Waals surface area contributed by atoms with Gasteiger partial charge in [0.15, 0.2) is 6.33 Å². The van der Waals surface area contributed by atoms with Gasteiger partial charge < -0.3 is 25.3 Å². The number of benzene rings is 2. The summed E-state index contributed by atoms with van der Waals surface area (Å²) in [6.45, 7) is 3.64. The Morgan fingerprint density at radius 1 is 0.818 bits per heavy atom. The smallest absolute Gasteiger partial charge is 0.368 e. The number of hydrogen-bond acceptors (Lipinski definition) is 8. The maximum absolute atomic E-state index is 10.4. The van der Waals surface area contributed by atoms with Crippen molar-refractivity contribution in [1.82, 2.24) is 9.97 Å². The number of aryl methyl sites for hydroxylation is 2. The summed E-state index contributed by atoms with van der Waals surface area (Å²) in [6, 6.07) is 11.6. The minimum atomic E-state index is -4.27. The van der Waals surface area contributed by atoms with Crippen LogP contribution in [0.15, 0.2) is 71.0 Å². The van der Waals surface area contributed by atoms with E-state index < -0.39 is 20.2 Å². The van der Waals surface area contributed by atoms with E-state index in [2.05, 4.69) is 19.9 Å². The first-order valence-corrected chi connectivity index (χ1v) is 11.8. The van der Waals surface area contributed by atoms with Crippen LogP contribution in [0.4, 0.5) is 5.82 Å². The predicted molar refractivity (Wildman–Crippen MR) is 116 cm³/mol. The van der Waals surface area contributed by atoms with Gasteiger partial charge in [0, 0.05) is 4.98 Å². The number of anilines is 1. The fourth-order valence-corrected chi connectivity index (χ4v) is 3.22. The summed E-state index contributed by atoms with van der Waals surface area (Å²) in [5.41, 5.74) is 9.04. The quantitative estimate of drug-likeness (QED) is 0.350. The van der Waals surface area contributed by atoms with Crippen LogP contribution in [0.25, 0.3) is 11.2 Å². The summed E-state index contributed by atoms with van der Waals surface area (Å²) >= 11 is 0. The fourth-order valence-electron chi connectivity index (χ4n) is 2.28. The lowest BCUT2D eigenvalue weighted by molar-refractivity contribution is -0.469. The highest BCUT2D eigenvalue weighted by molar-refractivity contribution is 7.86. The Kier molecular flexibility index (Phi) is 9.57. The van der Waals surface area contributed by atoms with E-state index >= 15 is 0 Å². The van der Waals surface area contributed by atoms with Gasteiger partial charge >= 0.3 is 17.8 Å². The minimum absolute atomic E-state index is 0. The number of nitrogens with one attached hydrogen (secondary N) is 3. The number of rotatable bonds is 2. The van der Waals surface area contributed by atoms with Crippen molar-refractivity contribution in [3.8, 4) is 0 Å². The molecule has 33 heavy (non-hydrogen) atoms. The third-order valence-corrected chi connectivity index (χ3v) is 5.67. The first-order chi connectivity index (χ1) is 14.9. The van der Waals surface area contributed by atoms with Gasteiger partial charge in [0.25, 0.3) is 0 Å². The summed E-state index contributed by atoms with van der Waals surface area (Å²) in [5.74, 6) is 0.495. The van der Waals surface area contributed by atoms with Crippen LogP contribution >= 0.6 is 0 Å². The maximum Gasteiger partial charge on any atom is 0.368 e. The van der Waals surface area contributed by atoms with Gasteiger partial charge in [-0.05, 0) is 38.1 Å². The van der Waals surface area contributed by atoms with Gasteiger partial charge in [-0.15, -0.1) is 0 Å². The van der Waals surface area contributed by atoms with Crippen molar-refractivity contribution in [1.29, 1.82) is 0 Å². The molecule has 2 aromatic heterocycles. The summed E-state index contributed by atoms with van der Waals surface area (Å²) in [7, 11) is -8.54. The number of aromatic nitrogens is 4. The summed E-state index contributed by atoms with van der Waals surface area (Å²) in [6.07, 6.45) is 3.24. The van der Waals surface area contributed by atoms with Crippen molar-refractivity contribution in [2.75, 3.05) is 5.73 Å². The molecule has 0 amide bonds. The number of hydrogen-bond donors (Lipinski definition) is 2. The standard InChI is InChI=1S/2C7H8O3S.C5H5N5.H2O/c2*1-6-2-4-7(5-3-6)11(8,9)10;6-4-3-5(9-1-7-3)10-2-8-4;/h2*2-5H,1H3,(H,8,9,10);1-2H,(H3,6,7,8,9,10);1H2. The number of imidazole rings is 1. The van der Waals surface area contributed by atoms with E-state index in [9.17, 15) is 25.9 Å². The van der Waals surface area contributed by atoms with Gasteiger partial charge in [-0.25, -0.2) is 16.8 Å². The molecule has 0 radical (unpaired) electrons. The van der Waals surface area contributed by atoms with E-state index in [-0.39, 0.29) is 15.3 Å². The highest BCUT2D eigenvalue weighted by atomic mass is 32.2. The molecule has 0 atom stereocenters. The first kappa shape index (κ1) is 27.6. The molecule has 0 aliphatic rings. The molecule has 0 bridgehead atoms. The molecule has 4 aromatic rings. The van der Waals surface area contributed by atoms with Gasteiger partial charge in [-0.3, -0.25) is 0 Å². The molecule has 2 heterocycles. The largest absolute Gasteiger partial charge is 0.744 e. The average molecular weight is 498 g/mol. The van der Waals surface area contributed by atoms with E-state index in [0.717, 1.165) is 22.3 Å². The number of nitrogens with two attached hydrogens (primary N) is 1. The molecule has 0 fully saturated rings. The predicted octanol–water partition coefficient (Wildman–Crippen LogP) is -0.253. The van der Waals surface area contributed by atoms with E-state index in [0.29, 0.717) is 5.82 Å². The van der Waals surface area contributed by atoms with Gasteiger partial charge in [0.1, 0.15) is 20.2 Å². The molecular formula is C19H23N5O7S2. The second-order valence-electron chi connectivity index (χ2n) is 6.51. The Hall–Kier alpha value is -3.43. The summed E-state index contributed by atoms with van der Waals surface area (Å²) in [4.78, 5) is 12.2. The molecular weight excluding hydrogens is 474 g/mol. The summed E-state index contributed by atoms with van der Waals surface area (Å²) in [5, 5.41) is 0. The van der Waals surface area contributed by atoms with Crippen molar-refractivity contribution >= 4 is 37.2 Å². The lowest BCUT2D eigenvalue weighted by atomic mass is 10.2. The number of aromatic amines is 3. The molecule has 178 valence electrons. The van der Waals surface area contributed by atoms with Gasteiger partial charge in [-0.1, -0.05) is 35.4 Å². The monoisotopic (exact) mass is 497 g/mol. The molecule has 2 aromatic carbocycles. The third kappa shape index (κ3) is 8.55. The van der Waals surface area contributed by atoms with E-state index in [1.807, 2.05) is 13.8 Å². The Morgan fingerprint density at radius 3 is 1.61 bits per heavy atom. The van der Waals surface area contributed by atoms with Crippen molar-refractivity contribution in [2.45, 2.75) is 23.6 Å². The number of nitrogens with zero attached hydrogens (tertiary/aromatic N) is 1. The lowest BCUT2D eigenvalue weighted by Gasteiger charge is -2.05. The molecule has 12 nitrogen and oxygen atoms in total. The highest BCUT2D eigenvalue weighted by Crippen LogP contribution is 2.09. The first-order valence-electron chi connectivity index (χ1n) is 8.94. The van der Waals surface area contributed by atoms with Crippen LogP contribution in [0.1, 0.15) is 11.1 Å². The zero-order valence-corrected chi connectivity index (χ0v) is 19.2. The maximum atomic E-state index is 10.4. The fraction of sp³-hybridized carbons (Fsp3) is 0.105. The molecule has 14 heteroatoms. The van der Waals surface area contributed by atoms with Gasteiger partial charge in [0.05, 0.1) is 9.79 Å². The molecule has 0 unspecified atom stereocenters. The topological polar surface area (TPSA) is 229 Å². The molecule has 0 saturated carbocycles.